The first-order valence-corrected chi connectivity index (χ1v) is 10.9. The highest BCUT2D eigenvalue weighted by Crippen LogP contribution is 2.35. The predicted octanol–water partition coefficient (Wildman–Crippen LogP) is 4.99. The minimum atomic E-state index is -0.509. The topological polar surface area (TPSA) is 119 Å². The smallest absolute Gasteiger partial charge is 0.337 e. The summed E-state index contributed by atoms with van der Waals surface area (Å²) in [5.41, 5.74) is 2.29. The quantitative estimate of drug-likeness (QED) is 0.338. The lowest BCUT2D eigenvalue weighted by Crippen LogP contribution is -2.19. The van der Waals surface area contributed by atoms with Crippen molar-refractivity contribution in [2.75, 3.05) is 30.2 Å². The van der Waals surface area contributed by atoms with Gasteiger partial charge in [0.05, 0.1) is 24.5 Å². The van der Waals surface area contributed by atoms with Gasteiger partial charge in [0.2, 0.25) is 0 Å². The van der Waals surface area contributed by atoms with E-state index in [0.29, 0.717) is 43.6 Å². The Kier molecular flexibility index (Phi) is 6.69. The van der Waals surface area contributed by atoms with Crippen molar-refractivity contribution < 1.29 is 23.9 Å². The first-order valence-electron chi connectivity index (χ1n) is 10.1. The Labute approximate surface area is 198 Å². The number of carbonyl (C=O) groups excluding carboxylic acids is 3. The number of urea groups is 1. The summed E-state index contributed by atoms with van der Waals surface area (Å²) >= 11 is 1.26. The fraction of sp³-hybridized carbons (Fsp3) is 0.0833. The van der Waals surface area contributed by atoms with E-state index in [2.05, 4.69) is 20.9 Å². The molecule has 10 heteroatoms. The Morgan fingerprint density at radius 2 is 1.56 bits per heavy atom. The number of benzene rings is 3. The second-order valence-corrected chi connectivity index (χ2v) is 8.05. The van der Waals surface area contributed by atoms with Gasteiger partial charge in [-0.05, 0) is 36.4 Å². The summed E-state index contributed by atoms with van der Waals surface area (Å²) in [5, 5.41) is 8.61. The van der Waals surface area contributed by atoms with Gasteiger partial charge in [-0.25, -0.2) is 14.6 Å². The Morgan fingerprint density at radius 1 is 0.824 bits per heavy atom. The van der Waals surface area contributed by atoms with Crippen LogP contribution in [0.1, 0.15) is 20.7 Å². The predicted molar refractivity (Wildman–Crippen MR) is 131 cm³/mol. The van der Waals surface area contributed by atoms with Crippen molar-refractivity contribution in [2.24, 2.45) is 0 Å². The summed E-state index contributed by atoms with van der Waals surface area (Å²) in [6.07, 6.45) is 0. The molecule has 0 aliphatic heterocycles. The number of ether oxygens (including phenoxy) is 2. The Morgan fingerprint density at radius 3 is 2.29 bits per heavy atom. The van der Waals surface area contributed by atoms with E-state index in [1.165, 1.54) is 31.6 Å². The van der Waals surface area contributed by atoms with Gasteiger partial charge >= 0.3 is 12.0 Å². The Balaban J connectivity index is 1.51. The number of hydrogen-bond donors (Lipinski definition) is 3. The third-order valence-electron chi connectivity index (χ3n) is 4.74. The maximum Gasteiger partial charge on any atom is 0.337 e. The number of thiazole rings is 1. The fourth-order valence-electron chi connectivity index (χ4n) is 3.17. The van der Waals surface area contributed by atoms with Crippen LogP contribution >= 0.6 is 11.3 Å². The lowest BCUT2D eigenvalue weighted by molar-refractivity contribution is 0.0600. The number of anilines is 3. The van der Waals surface area contributed by atoms with E-state index in [1.54, 1.807) is 54.6 Å². The van der Waals surface area contributed by atoms with E-state index in [1.807, 2.05) is 6.07 Å². The molecule has 0 fully saturated rings. The van der Waals surface area contributed by atoms with Crippen LogP contribution in [-0.2, 0) is 4.74 Å². The van der Waals surface area contributed by atoms with E-state index < -0.39 is 12.0 Å². The van der Waals surface area contributed by atoms with E-state index in [4.69, 9.17) is 9.47 Å². The van der Waals surface area contributed by atoms with Crippen LogP contribution in [0, 0.1) is 0 Å². The van der Waals surface area contributed by atoms with Crippen molar-refractivity contribution in [1.82, 2.24) is 4.98 Å². The molecule has 172 valence electrons. The molecule has 0 atom stereocenters. The molecule has 0 aliphatic rings. The first kappa shape index (κ1) is 22.7. The van der Waals surface area contributed by atoms with Crippen molar-refractivity contribution in [2.45, 2.75) is 0 Å². The van der Waals surface area contributed by atoms with Crippen LogP contribution in [0.4, 0.5) is 21.3 Å². The Bertz CT molecular complexity index is 1370. The van der Waals surface area contributed by atoms with Crippen LogP contribution in [0.5, 0.6) is 5.75 Å². The molecule has 0 unspecified atom stereocenters. The highest BCUT2D eigenvalue weighted by Gasteiger charge is 2.15. The molecule has 0 spiro atoms. The van der Waals surface area contributed by atoms with Crippen LogP contribution in [0.2, 0.25) is 0 Å². The summed E-state index contributed by atoms with van der Waals surface area (Å²) in [5.74, 6) is -0.331. The number of carbonyl (C=O) groups is 3. The Hall–Kier alpha value is -4.44. The van der Waals surface area contributed by atoms with Crippen molar-refractivity contribution in [1.29, 1.82) is 0 Å². The zero-order valence-corrected chi connectivity index (χ0v) is 19.1. The van der Waals surface area contributed by atoms with E-state index in [9.17, 15) is 14.4 Å². The lowest BCUT2D eigenvalue weighted by Gasteiger charge is -2.10. The number of hydrogen-bond acceptors (Lipinski definition) is 7. The van der Waals surface area contributed by atoms with Crippen molar-refractivity contribution >= 4 is 56.0 Å². The van der Waals surface area contributed by atoms with Crippen molar-refractivity contribution in [3.63, 3.8) is 0 Å². The van der Waals surface area contributed by atoms with Crippen molar-refractivity contribution in [3.05, 3.63) is 77.9 Å². The number of amides is 3. The van der Waals surface area contributed by atoms with Crippen LogP contribution in [-0.4, -0.2) is 37.1 Å². The molecule has 1 aromatic heterocycles. The summed E-state index contributed by atoms with van der Waals surface area (Å²) in [7, 11) is 2.79. The molecule has 0 saturated carbocycles. The largest absolute Gasteiger partial charge is 0.494 e. The summed E-state index contributed by atoms with van der Waals surface area (Å²) in [4.78, 5) is 41.1. The number of nitrogens with one attached hydrogen (secondary N) is 3. The van der Waals surface area contributed by atoms with E-state index >= 15 is 0 Å². The molecular formula is C24H20N4O5S. The molecule has 3 amide bonds. The minimum Gasteiger partial charge on any atom is -0.494 e. The average Bonchev–Trinajstić information content (AvgIpc) is 3.25. The van der Waals surface area contributed by atoms with E-state index in [-0.39, 0.29) is 5.91 Å². The average molecular weight is 477 g/mol. The summed E-state index contributed by atoms with van der Waals surface area (Å²) < 4.78 is 10.8. The number of methoxy groups -OCH3 is 2. The van der Waals surface area contributed by atoms with Crippen LogP contribution in [0.3, 0.4) is 0 Å². The minimum absolute atomic E-state index is 0.273. The normalized spacial score (nSPS) is 10.4. The summed E-state index contributed by atoms with van der Waals surface area (Å²) in [6, 6.07) is 18.1. The molecule has 3 aromatic carbocycles. The third kappa shape index (κ3) is 5.13. The standard InChI is InChI=1S/C24H20N4O5S/c1-32-18-12-17(26-23(31)25-16-10-6-9-15(11-16)22(30)33-2)13-19-20(18)27-24(34-19)28-21(29)14-7-4-3-5-8-14/h3-13H,1-2H3,(H2,25,26,31)(H,27,28,29). The van der Waals surface area contributed by atoms with Gasteiger partial charge in [-0.3, -0.25) is 10.1 Å². The van der Waals surface area contributed by atoms with Crippen LogP contribution in [0.25, 0.3) is 10.2 Å². The number of esters is 1. The highest BCUT2D eigenvalue weighted by molar-refractivity contribution is 7.22. The lowest BCUT2D eigenvalue weighted by atomic mass is 10.2. The highest BCUT2D eigenvalue weighted by atomic mass is 32.1. The van der Waals surface area contributed by atoms with Crippen LogP contribution in [0.15, 0.2) is 66.7 Å². The number of fused-ring (bicyclic) bond motifs is 1. The van der Waals surface area contributed by atoms with E-state index in [0.717, 1.165) is 0 Å². The zero-order valence-electron chi connectivity index (χ0n) is 18.2. The van der Waals surface area contributed by atoms with Crippen LogP contribution < -0.4 is 20.7 Å². The molecule has 9 nitrogen and oxygen atoms in total. The molecule has 0 saturated heterocycles. The maximum absolute atomic E-state index is 12.5. The SMILES string of the molecule is COC(=O)c1cccc(NC(=O)Nc2cc(OC)c3nc(NC(=O)c4ccccc4)sc3c2)c1. The molecule has 1 heterocycles. The van der Waals surface area contributed by atoms with Gasteiger partial charge in [-0.15, -0.1) is 0 Å². The second-order valence-electron chi connectivity index (χ2n) is 7.02. The molecular weight excluding hydrogens is 456 g/mol. The van der Waals surface area contributed by atoms with Gasteiger partial charge in [0.15, 0.2) is 5.13 Å². The van der Waals surface area contributed by atoms with Gasteiger partial charge in [0.25, 0.3) is 5.91 Å². The molecule has 0 bridgehead atoms. The van der Waals surface area contributed by atoms with Gasteiger partial charge in [0.1, 0.15) is 11.3 Å². The second kappa shape index (κ2) is 10.0. The molecule has 4 aromatic rings. The summed E-state index contributed by atoms with van der Waals surface area (Å²) in [6.45, 7) is 0. The number of rotatable bonds is 6. The molecule has 0 radical (unpaired) electrons. The monoisotopic (exact) mass is 476 g/mol. The maximum atomic E-state index is 12.5. The molecule has 0 aliphatic carbocycles. The first-order chi connectivity index (χ1) is 16.5. The third-order valence-corrected chi connectivity index (χ3v) is 5.65. The zero-order chi connectivity index (χ0) is 24.1. The molecule has 4 rings (SSSR count). The fourth-order valence-corrected chi connectivity index (χ4v) is 4.09. The number of nitrogens with zero attached hydrogens (tertiary/aromatic N) is 1. The van der Waals surface area contributed by atoms with Gasteiger partial charge < -0.3 is 20.1 Å². The van der Waals surface area contributed by atoms with Gasteiger partial charge in [-0.1, -0.05) is 35.6 Å². The van der Waals surface area contributed by atoms with Gasteiger partial charge in [-0.2, -0.15) is 0 Å². The molecule has 3 N–H and O–H groups in total. The van der Waals surface area contributed by atoms with Crippen molar-refractivity contribution in [3.8, 4) is 5.75 Å². The van der Waals surface area contributed by atoms with Gasteiger partial charge in [0, 0.05) is 23.0 Å². The number of aromatic nitrogens is 1. The molecule has 34 heavy (non-hydrogen) atoms.